The second-order valence-electron chi connectivity index (χ2n) is 5.40. The Morgan fingerprint density at radius 3 is 2.32 bits per heavy atom. The molecule has 0 aliphatic heterocycles. The van der Waals surface area contributed by atoms with Crippen LogP contribution in [0.3, 0.4) is 0 Å². The molecule has 4 heteroatoms. The molecule has 0 bridgehead atoms. The van der Waals surface area contributed by atoms with Crippen LogP contribution in [0.2, 0.25) is 0 Å². The zero-order valence-corrected chi connectivity index (χ0v) is 12.4. The minimum Gasteiger partial charge on any atom is -0.315 e. The number of likely N-dealkylation sites (N-methyl/N-ethyl adjacent to an activating group) is 2. The smallest absolute Gasteiger partial charge is 0.159 e. The highest BCUT2D eigenvalue weighted by Crippen LogP contribution is 2.24. The van der Waals surface area contributed by atoms with E-state index in [1.807, 2.05) is 21.1 Å². The monoisotopic (exact) mass is 270 g/mol. The van der Waals surface area contributed by atoms with Gasteiger partial charge in [-0.15, -0.1) is 0 Å². The third-order valence-corrected chi connectivity index (χ3v) is 4.26. The largest absolute Gasteiger partial charge is 0.315 e. The molecule has 2 atom stereocenters. The molecule has 0 aliphatic carbocycles. The maximum absolute atomic E-state index is 13.3. The first-order valence-electron chi connectivity index (χ1n) is 6.63. The first kappa shape index (κ1) is 16.1. The van der Waals surface area contributed by atoms with Crippen LogP contribution in [0.4, 0.5) is 8.78 Å². The quantitative estimate of drug-likeness (QED) is 0.855. The summed E-state index contributed by atoms with van der Waals surface area (Å²) in [6.07, 6.45) is 1.63. The Hall–Kier alpha value is -1.00. The molecule has 0 heterocycles. The van der Waals surface area contributed by atoms with Gasteiger partial charge in [-0.25, -0.2) is 8.78 Å². The topological polar surface area (TPSA) is 15.3 Å². The van der Waals surface area contributed by atoms with Gasteiger partial charge in [-0.1, -0.05) is 13.0 Å². The highest BCUT2D eigenvalue weighted by molar-refractivity contribution is 5.20. The van der Waals surface area contributed by atoms with Gasteiger partial charge in [0.2, 0.25) is 0 Å². The van der Waals surface area contributed by atoms with Crippen LogP contribution in [0, 0.1) is 11.6 Å². The number of nitrogens with one attached hydrogen (secondary N) is 1. The number of nitrogens with zero attached hydrogens (tertiary/aromatic N) is 1. The summed E-state index contributed by atoms with van der Waals surface area (Å²) in [7, 11) is 5.99. The zero-order valence-electron chi connectivity index (χ0n) is 12.4. The lowest BCUT2D eigenvalue weighted by molar-refractivity contribution is 0.116. The molecule has 0 saturated heterocycles. The lowest BCUT2D eigenvalue weighted by Crippen LogP contribution is -2.56. The highest BCUT2D eigenvalue weighted by atomic mass is 19.2. The second-order valence-corrected chi connectivity index (χ2v) is 5.40. The van der Waals surface area contributed by atoms with Crippen LogP contribution in [0.1, 0.15) is 25.8 Å². The summed E-state index contributed by atoms with van der Waals surface area (Å²) >= 11 is 0. The van der Waals surface area contributed by atoms with Gasteiger partial charge < -0.3 is 10.2 Å². The normalized spacial score (nSPS) is 16.4. The fourth-order valence-corrected chi connectivity index (χ4v) is 2.41. The molecule has 1 rings (SSSR count). The van der Waals surface area contributed by atoms with E-state index in [1.54, 1.807) is 6.07 Å². The van der Waals surface area contributed by atoms with Crippen molar-refractivity contribution >= 4 is 0 Å². The highest BCUT2D eigenvalue weighted by Gasteiger charge is 2.33. The van der Waals surface area contributed by atoms with Crippen molar-refractivity contribution in [2.24, 2.45) is 0 Å². The molecule has 0 fully saturated rings. The van der Waals surface area contributed by atoms with Gasteiger partial charge >= 0.3 is 0 Å². The van der Waals surface area contributed by atoms with Crippen molar-refractivity contribution in [3.63, 3.8) is 0 Å². The van der Waals surface area contributed by atoms with E-state index < -0.39 is 11.6 Å². The van der Waals surface area contributed by atoms with Gasteiger partial charge in [0.1, 0.15) is 0 Å². The molecule has 1 aromatic carbocycles. The molecular formula is C15H24F2N2. The molecule has 2 nitrogen and oxygen atoms in total. The van der Waals surface area contributed by atoms with Crippen LogP contribution < -0.4 is 5.32 Å². The number of hydrogen-bond acceptors (Lipinski definition) is 2. The molecule has 0 amide bonds. The number of benzene rings is 1. The molecule has 0 aliphatic rings. The van der Waals surface area contributed by atoms with Crippen LogP contribution in [-0.4, -0.2) is 37.6 Å². The van der Waals surface area contributed by atoms with Crippen molar-refractivity contribution in [3.05, 3.63) is 35.4 Å². The fourth-order valence-electron chi connectivity index (χ4n) is 2.41. The summed E-state index contributed by atoms with van der Waals surface area (Å²) in [5.74, 6) is -1.58. The molecule has 1 aromatic rings. The third-order valence-electron chi connectivity index (χ3n) is 4.26. The third kappa shape index (κ3) is 3.51. The molecule has 19 heavy (non-hydrogen) atoms. The first-order valence-corrected chi connectivity index (χ1v) is 6.63. The minimum atomic E-state index is -0.796. The molecule has 0 spiro atoms. The van der Waals surface area contributed by atoms with Gasteiger partial charge in [0.15, 0.2) is 11.6 Å². The van der Waals surface area contributed by atoms with Crippen LogP contribution >= 0.6 is 0 Å². The molecule has 0 saturated carbocycles. The standard InChI is InChI=1S/C15H24F2N2/c1-6-15(2,19(4)5)14(18-3)10-11-7-8-12(16)13(17)9-11/h7-9,14,18H,6,10H2,1-5H3. The Labute approximate surface area is 114 Å². The van der Waals surface area contributed by atoms with E-state index in [4.69, 9.17) is 0 Å². The zero-order chi connectivity index (χ0) is 14.6. The van der Waals surface area contributed by atoms with Crippen molar-refractivity contribution in [3.8, 4) is 0 Å². The lowest BCUT2D eigenvalue weighted by Gasteiger charge is -2.42. The van der Waals surface area contributed by atoms with Gasteiger partial charge in [-0.05, 0) is 58.6 Å². The Bertz CT molecular complexity index is 421. The lowest BCUT2D eigenvalue weighted by atomic mass is 9.84. The summed E-state index contributed by atoms with van der Waals surface area (Å²) in [6.45, 7) is 4.31. The Morgan fingerprint density at radius 2 is 1.89 bits per heavy atom. The van der Waals surface area contributed by atoms with Gasteiger partial charge in [0.25, 0.3) is 0 Å². The summed E-state index contributed by atoms with van der Waals surface area (Å²) in [5.41, 5.74) is 0.763. The van der Waals surface area contributed by atoms with E-state index in [1.165, 1.54) is 12.1 Å². The molecular weight excluding hydrogens is 246 g/mol. The van der Waals surface area contributed by atoms with Gasteiger partial charge in [-0.2, -0.15) is 0 Å². The summed E-state index contributed by atoms with van der Waals surface area (Å²) in [4.78, 5) is 2.17. The van der Waals surface area contributed by atoms with Crippen molar-refractivity contribution in [2.75, 3.05) is 21.1 Å². The van der Waals surface area contributed by atoms with E-state index in [2.05, 4.69) is 24.1 Å². The predicted molar refractivity (Wildman–Crippen MR) is 75.3 cm³/mol. The molecule has 0 aromatic heterocycles. The first-order chi connectivity index (χ1) is 8.85. The Balaban J connectivity index is 2.95. The van der Waals surface area contributed by atoms with Crippen LogP contribution in [0.15, 0.2) is 18.2 Å². The maximum atomic E-state index is 13.3. The van der Waals surface area contributed by atoms with Crippen molar-refractivity contribution < 1.29 is 8.78 Å². The predicted octanol–water partition coefficient (Wildman–Crippen LogP) is 2.83. The van der Waals surface area contributed by atoms with Crippen molar-refractivity contribution in [2.45, 2.75) is 38.3 Å². The average molecular weight is 270 g/mol. The van der Waals surface area contributed by atoms with E-state index in [9.17, 15) is 8.78 Å². The van der Waals surface area contributed by atoms with E-state index in [0.717, 1.165) is 12.0 Å². The van der Waals surface area contributed by atoms with Gasteiger partial charge in [0, 0.05) is 11.6 Å². The SMILES string of the molecule is CCC(C)(C(Cc1ccc(F)c(F)c1)NC)N(C)C. The number of rotatable bonds is 6. The van der Waals surface area contributed by atoms with Crippen LogP contribution in [0.5, 0.6) is 0 Å². The molecule has 1 N–H and O–H groups in total. The van der Waals surface area contributed by atoms with Crippen LogP contribution in [-0.2, 0) is 6.42 Å². The second kappa shape index (κ2) is 6.44. The number of hydrogen-bond donors (Lipinski definition) is 1. The minimum absolute atomic E-state index is 0.0421. The van der Waals surface area contributed by atoms with E-state index >= 15 is 0 Å². The van der Waals surface area contributed by atoms with Gasteiger partial charge in [-0.3, -0.25) is 0 Å². The van der Waals surface area contributed by atoms with Crippen LogP contribution in [0.25, 0.3) is 0 Å². The van der Waals surface area contributed by atoms with Crippen molar-refractivity contribution in [1.29, 1.82) is 0 Å². The summed E-state index contributed by atoms with van der Waals surface area (Å²) < 4.78 is 26.2. The maximum Gasteiger partial charge on any atom is 0.159 e. The van der Waals surface area contributed by atoms with E-state index in [0.29, 0.717) is 6.42 Å². The molecule has 108 valence electrons. The molecule has 2 unspecified atom stereocenters. The van der Waals surface area contributed by atoms with Crippen molar-refractivity contribution in [1.82, 2.24) is 10.2 Å². The van der Waals surface area contributed by atoms with Gasteiger partial charge in [0.05, 0.1) is 0 Å². The Kier molecular flexibility index (Phi) is 5.44. The van der Waals surface area contributed by atoms with E-state index in [-0.39, 0.29) is 11.6 Å². The average Bonchev–Trinajstić information content (AvgIpc) is 2.38. The fraction of sp³-hybridized carbons (Fsp3) is 0.600. The summed E-state index contributed by atoms with van der Waals surface area (Å²) in [6, 6.07) is 4.29. The molecule has 0 radical (unpaired) electrons. The Morgan fingerprint density at radius 1 is 1.26 bits per heavy atom. The number of halogens is 2. The summed E-state index contributed by atoms with van der Waals surface area (Å²) in [5, 5.41) is 3.30.